The smallest absolute Gasteiger partial charge is 0.162 e. The van der Waals surface area contributed by atoms with E-state index in [1.54, 1.807) is 37.7 Å². The van der Waals surface area contributed by atoms with Crippen LogP contribution in [-0.4, -0.2) is 23.4 Å². The fraction of sp³-hybridized carbons (Fsp3) is 0.150. The number of aromatic nitrogens is 2. The quantitative estimate of drug-likeness (QED) is 0.617. The number of hydrogen-bond donors (Lipinski definition) is 0. The number of methoxy groups -OCH3 is 1. The van der Waals surface area contributed by atoms with Crippen LogP contribution in [0.15, 0.2) is 67.0 Å². The Labute approximate surface area is 146 Å². The fourth-order valence-electron chi connectivity index (χ4n) is 2.49. The summed E-state index contributed by atoms with van der Waals surface area (Å²) in [5, 5.41) is 0. The minimum atomic E-state index is -0.355. The van der Waals surface area contributed by atoms with Gasteiger partial charge in [-0.15, -0.1) is 0 Å². The van der Waals surface area contributed by atoms with Gasteiger partial charge < -0.3 is 9.47 Å². The summed E-state index contributed by atoms with van der Waals surface area (Å²) >= 11 is 0. The number of nitrogens with zero attached hydrogens (tertiary/aromatic N) is 2. The van der Waals surface area contributed by atoms with Crippen LogP contribution in [0.1, 0.15) is 27.8 Å². The molecule has 1 atom stereocenters. The van der Waals surface area contributed by atoms with Crippen LogP contribution in [-0.2, 0) is 6.42 Å². The highest BCUT2D eigenvalue weighted by molar-refractivity contribution is 5.76. The van der Waals surface area contributed by atoms with Gasteiger partial charge in [-0.05, 0) is 42.5 Å². The third-order valence-corrected chi connectivity index (χ3v) is 3.73. The van der Waals surface area contributed by atoms with Crippen molar-refractivity contribution in [3.05, 3.63) is 83.9 Å². The largest absolute Gasteiger partial charge is 0.493 e. The van der Waals surface area contributed by atoms with Crippen molar-refractivity contribution in [2.75, 3.05) is 7.11 Å². The molecule has 0 saturated heterocycles. The van der Waals surface area contributed by atoms with E-state index in [9.17, 15) is 4.79 Å². The molecule has 2 aromatic heterocycles. The number of carbonyl (C=O) groups excluding carboxylic acids is 1. The molecule has 3 rings (SSSR count). The Hall–Kier alpha value is -3.21. The summed E-state index contributed by atoms with van der Waals surface area (Å²) in [5.41, 5.74) is 2.20. The van der Waals surface area contributed by atoms with Gasteiger partial charge >= 0.3 is 0 Å². The first kappa shape index (κ1) is 16.6. The van der Waals surface area contributed by atoms with Crippen LogP contribution in [0.2, 0.25) is 0 Å². The minimum Gasteiger partial charge on any atom is -0.493 e. The monoisotopic (exact) mass is 334 g/mol. The molecule has 5 heteroatoms. The number of benzene rings is 1. The molecule has 2 heterocycles. The molecule has 0 aliphatic heterocycles. The lowest BCUT2D eigenvalue weighted by molar-refractivity contribution is 0.112. The van der Waals surface area contributed by atoms with Gasteiger partial charge in [-0.2, -0.15) is 0 Å². The summed E-state index contributed by atoms with van der Waals surface area (Å²) in [6.07, 6.45) is 4.45. The van der Waals surface area contributed by atoms with Crippen LogP contribution in [0.5, 0.6) is 11.5 Å². The Bertz CT molecular complexity index is 823. The predicted octanol–water partition coefficient (Wildman–Crippen LogP) is 3.66. The average molecular weight is 334 g/mol. The van der Waals surface area contributed by atoms with Crippen molar-refractivity contribution in [1.29, 1.82) is 0 Å². The summed E-state index contributed by atoms with van der Waals surface area (Å²) in [5.74, 6) is 1.06. The highest BCUT2D eigenvalue weighted by atomic mass is 16.5. The van der Waals surface area contributed by atoms with Crippen LogP contribution >= 0.6 is 0 Å². The highest BCUT2D eigenvalue weighted by Gasteiger charge is 2.19. The lowest BCUT2D eigenvalue weighted by atomic mass is 10.1. The molecule has 1 aromatic carbocycles. The van der Waals surface area contributed by atoms with Crippen LogP contribution in [0.25, 0.3) is 0 Å². The first-order chi connectivity index (χ1) is 12.3. The van der Waals surface area contributed by atoms with Gasteiger partial charge in [0.05, 0.1) is 12.8 Å². The second-order valence-corrected chi connectivity index (χ2v) is 5.41. The van der Waals surface area contributed by atoms with Crippen molar-refractivity contribution >= 4 is 6.29 Å². The van der Waals surface area contributed by atoms with E-state index in [0.29, 0.717) is 23.5 Å². The molecule has 0 radical (unpaired) electrons. The summed E-state index contributed by atoms with van der Waals surface area (Å²) in [4.78, 5) is 19.9. The topological polar surface area (TPSA) is 61.3 Å². The molecule has 0 N–H and O–H groups in total. The van der Waals surface area contributed by atoms with Crippen LogP contribution in [0, 0.1) is 0 Å². The summed E-state index contributed by atoms with van der Waals surface area (Å²) in [7, 11) is 1.57. The molecular formula is C20H18N2O3. The molecule has 5 nitrogen and oxygen atoms in total. The van der Waals surface area contributed by atoms with Gasteiger partial charge in [0.1, 0.15) is 12.4 Å². The molecule has 0 spiro atoms. The van der Waals surface area contributed by atoms with E-state index in [4.69, 9.17) is 9.47 Å². The third-order valence-electron chi connectivity index (χ3n) is 3.73. The van der Waals surface area contributed by atoms with Gasteiger partial charge in [-0.3, -0.25) is 14.8 Å². The van der Waals surface area contributed by atoms with E-state index < -0.39 is 0 Å². The molecule has 3 aromatic rings. The van der Waals surface area contributed by atoms with Crippen LogP contribution in [0.3, 0.4) is 0 Å². The molecule has 0 fully saturated rings. The van der Waals surface area contributed by atoms with E-state index in [0.717, 1.165) is 17.7 Å². The molecule has 1 unspecified atom stereocenters. The maximum Gasteiger partial charge on any atom is 0.162 e. The third kappa shape index (κ3) is 4.20. The van der Waals surface area contributed by atoms with E-state index in [2.05, 4.69) is 9.97 Å². The average Bonchev–Trinajstić information content (AvgIpc) is 2.69. The summed E-state index contributed by atoms with van der Waals surface area (Å²) in [6.45, 7) is 0. The van der Waals surface area contributed by atoms with Gasteiger partial charge in [0.25, 0.3) is 0 Å². The van der Waals surface area contributed by atoms with E-state index in [-0.39, 0.29) is 6.10 Å². The van der Waals surface area contributed by atoms with Gasteiger partial charge in [0, 0.05) is 30.1 Å². The first-order valence-electron chi connectivity index (χ1n) is 7.91. The van der Waals surface area contributed by atoms with Crippen LogP contribution in [0.4, 0.5) is 0 Å². The molecule has 0 saturated carbocycles. The molecule has 0 bridgehead atoms. The zero-order valence-electron chi connectivity index (χ0n) is 13.8. The standard InChI is InChI=1S/C20H18N2O3/c1-24-18-9-8-15(14-23)12-20(18)25-19(17-7-3-5-11-22-17)13-16-6-2-4-10-21-16/h2-12,14,19H,13H2,1H3. The summed E-state index contributed by atoms with van der Waals surface area (Å²) in [6, 6.07) is 16.5. The SMILES string of the molecule is COc1ccc(C=O)cc1OC(Cc1ccccn1)c1ccccn1. The van der Waals surface area contributed by atoms with Crippen molar-refractivity contribution in [2.24, 2.45) is 0 Å². The maximum atomic E-state index is 11.1. The van der Waals surface area contributed by atoms with Gasteiger partial charge in [-0.25, -0.2) is 0 Å². The summed E-state index contributed by atoms with van der Waals surface area (Å²) < 4.78 is 11.5. The van der Waals surface area contributed by atoms with Crippen molar-refractivity contribution in [3.63, 3.8) is 0 Å². The van der Waals surface area contributed by atoms with E-state index in [1.165, 1.54) is 0 Å². The van der Waals surface area contributed by atoms with E-state index in [1.807, 2.05) is 36.4 Å². The number of ether oxygens (including phenoxy) is 2. The van der Waals surface area contributed by atoms with Crippen LogP contribution < -0.4 is 9.47 Å². The van der Waals surface area contributed by atoms with Gasteiger partial charge in [0.15, 0.2) is 11.5 Å². The Morgan fingerprint density at radius 1 is 1.00 bits per heavy atom. The second kappa shape index (κ2) is 8.06. The number of pyridine rings is 2. The lowest BCUT2D eigenvalue weighted by Crippen LogP contribution is -2.14. The minimum absolute atomic E-state index is 0.355. The molecule has 0 aliphatic rings. The molecular weight excluding hydrogens is 316 g/mol. The predicted molar refractivity (Wildman–Crippen MR) is 93.9 cm³/mol. The highest BCUT2D eigenvalue weighted by Crippen LogP contribution is 2.32. The number of rotatable bonds is 7. The zero-order chi connectivity index (χ0) is 17.5. The Kier molecular flexibility index (Phi) is 5.36. The zero-order valence-corrected chi connectivity index (χ0v) is 13.8. The number of hydrogen-bond acceptors (Lipinski definition) is 5. The number of carbonyl (C=O) groups is 1. The van der Waals surface area contributed by atoms with Crippen molar-refractivity contribution in [1.82, 2.24) is 9.97 Å². The maximum absolute atomic E-state index is 11.1. The molecule has 0 aliphatic carbocycles. The Morgan fingerprint density at radius 3 is 2.44 bits per heavy atom. The van der Waals surface area contributed by atoms with E-state index >= 15 is 0 Å². The Balaban J connectivity index is 1.94. The molecule has 25 heavy (non-hydrogen) atoms. The molecule has 0 amide bonds. The normalized spacial score (nSPS) is 11.6. The Morgan fingerprint density at radius 2 is 1.80 bits per heavy atom. The van der Waals surface area contributed by atoms with Gasteiger partial charge in [-0.1, -0.05) is 12.1 Å². The fourth-order valence-corrected chi connectivity index (χ4v) is 2.49. The van der Waals surface area contributed by atoms with Crippen molar-refractivity contribution in [2.45, 2.75) is 12.5 Å². The van der Waals surface area contributed by atoms with Crippen molar-refractivity contribution < 1.29 is 14.3 Å². The van der Waals surface area contributed by atoms with Crippen molar-refractivity contribution in [3.8, 4) is 11.5 Å². The lowest BCUT2D eigenvalue weighted by Gasteiger charge is -2.20. The molecule has 126 valence electrons. The second-order valence-electron chi connectivity index (χ2n) is 5.41. The number of aldehydes is 1. The van der Waals surface area contributed by atoms with Gasteiger partial charge in [0.2, 0.25) is 0 Å². The first-order valence-corrected chi connectivity index (χ1v) is 7.91.